The first kappa shape index (κ1) is 17.4. The molecule has 0 amide bonds. The van der Waals surface area contributed by atoms with Crippen molar-refractivity contribution in [2.75, 3.05) is 38.0 Å². The zero-order valence-corrected chi connectivity index (χ0v) is 15.7. The van der Waals surface area contributed by atoms with Gasteiger partial charge in [-0.1, -0.05) is 24.3 Å². The SMILES string of the molecule is Cc1ccccc1CN1CC[C@@H](CNc2ncnc3c2CCNCC3)C1. The average molecular weight is 351 g/mol. The number of nitrogens with zero attached hydrogens (tertiary/aromatic N) is 3. The first-order valence-corrected chi connectivity index (χ1v) is 9.84. The molecule has 0 spiro atoms. The Labute approximate surface area is 156 Å². The standard InChI is InChI=1S/C21H29N5/c1-16-4-2-3-5-18(16)14-26-11-8-17(13-26)12-23-21-19-6-9-22-10-7-20(19)24-15-25-21/h2-5,15,17,22H,6-14H2,1H3,(H,23,24,25)/t17-/m0/s1. The van der Waals surface area contributed by atoms with Gasteiger partial charge in [-0.05, 0) is 49.9 Å². The molecule has 5 nitrogen and oxygen atoms in total. The predicted octanol–water partition coefficient (Wildman–Crippen LogP) is 2.41. The van der Waals surface area contributed by atoms with Crippen molar-refractivity contribution in [3.8, 4) is 0 Å². The number of anilines is 1. The molecule has 138 valence electrons. The summed E-state index contributed by atoms with van der Waals surface area (Å²) >= 11 is 0. The Bertz CT molecular complexity index is 745. The van der Waals surface area contributed by atoms with E-state index in [1.54, 1.807) is 6.33 Å². The summed E-state index contributed by atoms with van der Waals surface area (Å²) in [5, 5.41) is 7.08. The molecule has 3 heterocycles. The topological polar surface area (TPSA) is 53.1 Å². The molecule has 1 fully saturated rings. The largest absolute Gasteiger partial charge is 0.369 e. The maximum atomic E-state index is 4.53. The highest BCUT2D eigenvalue weighted by atomic mass is 15.2. The molecule has 0 saturated carbocycles. The van der Waals surface area contributed by atoms with Crippen molar-refractivity contribution in [3.05, 3.63) is 53.0 Å². The minimum absolute atomic E-state index is 0.688. The zero-order valence-electron chi connectivity index (χ0n) is 15.7. The van der Waals surface area contributed by atoms with Gasteiger partial charge in [-0.3, -0.25) is 4.90 Å². The Kier molecular flexibility index (Phi) is 5.46. The number of likely N-dealkylation sites (tertiary alicyclic amines) is 1. The molecule has 1 aromatic carbocycles. The minimum atomic E-state index is 0.688. The van der Waals surface area contributed by atoms with Gasteiger partial charge in [0, 0.05) is 38.2 Å². The van der Waals surface area contributed by atoms with Crippen LogP contribution in [-0.2, 0) is 19.4 Å². The van der Waals surface area contributed by atoms with Crippen molar-refractivity contribution >= 4 is 5.82 Å². The lowest BCUT2D eigenvalue weighted by molar-refractivity contribution is 0.318. The molecule has 2 N–H and O–H groups in total. The van der Waals surface area contributed by atoms with E-state index in [2.05, 4.69) is 56.7 Å². The van der Waals surface area contributed by atoms with Gasteiger partial charge in [-0.25, -0.2) is 9.97 Å². The van der Waals surface area contributed by atoms with Gasteiger partial charge in [0.1, 0.15) is 12.1 Å². The molecule has 0 unspecified atom stereocenters. The number of hydrogen-bond acceptors (Lipinski definition) is 5. The highest BCUT2D eigenvalue weighted by molar-refractivity contribution is 5.46. The van der Waals surface area contributed by atoms with Crippen molar-refractivity contribution in [3.63, 3.8) is 0 Å². The summed E-state index contributed by atoms with van der Waals surface area (Å²) in [5.41, 5.74) is 5.37. The fourth-order valence-electron chi connectivity index (χ4n) is 4.12. The van der Waals surface area contributed by atoms with Gasteiger partial charge in [-0.2, -0.15) is 0 Å². The predicted molar refractivity (Wildman–Crippen MR) is 105 cm³/mol. The van der Waals surface area contributed by atoms with Crippen LogP contribution in [0.25, 0.3) is 0 Å². The van der Waals surface area contributed by atoms with Crippen molar-refractivity contribution in [1.29, 1.82) is 0 Å². The molecule has 0 bridgehead atoms. The second-order valence-corrected chi connectivity index (χ2v) is 7.59. The lowest BCUT2D eigenvalue weighted by atomic mass is 10.1. The first-order chi connectivity index (χ1) is 12.8. The molecule has 2 aliphatic heterocycles. The molecule has 0 radical (unpaired) electrons. The van der Waals surface area contributed by atoms with E-state index in [9.17, 15) is 0 Å². The van der Waals surface area contributed by atoms with Crippen LogP contribution in [0.2, 0.25) is 0 Å². The normalized spacial score (nSPS) is 20.6. The van der Waals surface area contributed by atoms with E-state index in [0.717, 1.165) is 51.4 Å². The van der Waals surface area contributed by atoms with E-state index < -0.39 is 0 Å². The molecule has 2 aromatic rings. The molecule has 1 atom stereocenters. The monoisotopic (exact) mass is 351 g/mol. The van der Waals surface area contributed by atoms with E-state index >= 15 is 0 Å². The van der Waals surface area contributed by atoms with Gasteiger partial charge >= 0.3 is 0 Å². The zero-order chi connectivity index (χ0) is 17.8. The van der Waals surface area contributed by atoms with Crippen LogP contribution in [0.3, 0.4) is 0 Å². The molecule has 2 aliphatic rings. The summed E-state index contributed by atoms with van der Waals surface area (Å²) in [6, 6.07) is 8.73. The Morgan fingerprint density at radius 2 is 2.08 bits per heavy atom. The number of aryl methyl sites for hydroxylation is 1. The second-order valence-electron chi connectivity index (χ2n) is 7.59. The minimum Gasteiger partial charge on any atom is -0.369 e. The number of nitrogens with one attached hydrogen (secondary N) is 2. The van der Waals surface area contributed by atoms with Crippen molar-refractivity contribution in [2.24, 2.45) is 5.92 Å². The summed E-state index contributed by atoms with van der Waals surface area (Å²) in [5.74, 6) is 1.74. The third-order valence-electron chi connectivity index (χ3n) is 5.71. The van der Waals surface area contributed by atoms with Gasteiger partial charge < -0.3 is 10.6 Å². The fourth-order valence-corrected chi connectivity index (χ4v) is 4.12. The van der Waals surface area contributed by atoms with Crippen molar-refractivity contribution in [1.82, 2.24) is 20.2 Å². The number of hydrogen-bond donors (Lipinski definition) is 2. The van der Waals surface area contributed by atoms with E-state index in [4.69, 9.17) is 0 Å². The Morgan fingerprint density at radius 1 is 1.19 bits per heavy atom. The van der Waals surface area contributed by atoms with Gasteiger partial charge in [0.05, 0.1) is 5.69 Å². The van der Waals surface area contributed by atoms with Crippen LogP contribution in [0.4, 0.5) is 5.82 Å². The molecule has 1 aromatic heterocycles. The van der Waals surface area contributed by atoms with E-state index in [-0.39, 0.29) is 0 Å². The number of benzene rings is 1. The average Bonchev–Trinajstić information content (AvgIpc) is 2.95. The Hall–Kier alpha value is -1.98. The van der Waals surface area contributed by atoms with Crippen molar-refractivity contribution < 1.29 is 0 Å². The number of fused-ring (bicyclic) bond motifs is 1. The fraction of sp³-hybridized carbons (Fsp3) is 0.524. The smallest absolute Gasteiger partial charge is 0.132 e. The van der Waals surface area contributed by atoms with Crippen LogP contribution in [-0.4, -0.2) is 47.6 Å². The van der Waals surface area contributed by atoms with Crippen LogP contribution in [0, 0.1) is 12.8 Å². The third kappa shape index (κ3) is 4.05. The van der Waals surface area contributed by atoms with Crippen molar-refractivity contribution in [2.45, 2.75) is 32.7 Å². The summed E-state index contributed by atoms with van der Waals surface area (Å²) < 4.78 is 0. The molecular weight excluding hydrogens is 322 g/mol. The lowest BCUT2D eigenvalue weighted by Crippen LogP contribution is -2.23. The Morgan fingerprint density at radius 3 is 3.00 bits per heavy atom. The van der Waals surface area contributed by atoms with E-state index in [0.29, 0.717) is 5.92 Å². The highest BCUT2D eigenvalue weighted by Gasteiger charge is 2.23. The van der Waals surface area contributed by atoms with Crippen LogP contribution in [0.5, 0.6) is 0 Å². The second kappa shape index (κ2) is 8.14. The van der Waals surface area contributed by atoms with Crippen LogP contribution in [0.1, 0.15) is 28.8 Å². The first-order valence-electron chi connectivity index (χ1n) is 9.84. The highest BCUT2D eigenvalue weighted by Crippen LogP contribution is 2.22. The molecule has 0 aliphatic carbocycles. The van der Waals surface area contributed by atoms with E-state index in [1.165, 1.54) is 35.3 Å². The summed E-state index contributed by atoms with van der Waals surface area (Å²) in [6.45, 7) is 8.66. The molecule has 4 rings (SSSR count). The van der Waals surface area contributed by atoms with E-state index in [1.807, 2.05) is 0 Å². The van der Waals surface area contributed by atoms with Gasteiger partial charge in [0.25, 0.3) is 0 Å². The maximum Gasteiger partial charge on any atom is 0.132 e. The molecule has 26 heavy (non-hydrogen) atoms. The van der Waals surface area contributed by atoms with Gasteiger partial charge in [0.15, 0.2) is 0 Å². The van der Waals surface area contributed by atoms with Crippen LogP contribution in [0.15, 0.2) is 30.6 Å². The number of aromatic nitrogens is 2. The quantitative estimate of drug-likeness (QED) is 0.866. The molecule has 5 heteroatoms. The van der Waals surface area contributed by atoms with Crippen LogP contribution < -0.4 is 10.6 Å². The Balaban J connectivity index is 1.33. The summed E-state index contributed by atoms with van der Waals surface area (Å²) in [6.07, 6.45) is 4.99. The van der Waals surface area contributed by atoms with Gasteiger partial charge in [-0.15, -0.1) is 0 Å². The lowest BCUT2D eigenvalue weighted by Gasteiger charge is -2.18. The van der Waals surface area contributed by atoms with Crippen LogP contribution >= 0.6 is 0 Å². The summed E-state index contributed by atoms with van der Waals surface area (Å²) in [4.78, 5) is 11.6. The van der Waals surface area contributed by atoms with Gasteiger partial charge in [0.2, 0.25) is 0 Å². The summed E-state index contributed by atoms with van der Waals surface area (Å²) in [7, 11) is 0. The molecule has 1 saturated heterocycles. The maximum absolute atomic E-state index is 4.53. The number of rotatable bonds is 5. The molecular formula is C21H29N5. The third-order valence-corrected chi connectivity index (χ3v) is 5.71.